The Bertz CT molecular complexity index is 65.4. The second kappa shape index (κ2) is 5.37. The van der Waals surface area contributed by atoms with Crippen LogP contribution < -0.4 is 0 Å². The van der Waals surface area contributed by atoms with Crippen molar-refractivity contribution in [1.29, 1.82) is 0 Å². The molecule has 4 nitrogen and oxygen atoms in total. The van der Waals surface area contributed by atoms with Crippen LogP contribution in [0.3, 0.4) is 0 Å². The largest absolute Gasteiger partial charge is 0.503 e. The Morgan fingerprint density at radius 3 is 1.67 bits per heavy atom. The molecule has 0 radical (unpaired) electrons. The van der Waals surface area contributed by atoms with Crippen molar-refractivity contribution in [3.05, 3.63) is 0 Å². The van der Waals surface area contributed by atoms with Crippen molar-refractivity contribution in [2.45, 2.75) is 12.8 Å². The first kappa shape index (κ1) is 8.23. The van der Waals surface area contributed by atoms with Crippen LogP contribution in [-0.2, 0) is 4.74 Å². The molecule has 0 amide bonds. The first-order valence-corrected chi connectivity index (χ1v) is 2.73. The smallest absolute Gasteiger partial charge is 0.450 e. The summed E-state index contributed by atoms with van der Waals surface area (Å²) < 4.78 is 4.94. The lowest BCUT2D eigenvalue weighted by Crippen LogP contribution is -1.81. The quantitative estimate of drug-likeness (QED) is 0.519. The zero-order valence-electron chi connectivity index (χ0n) is 5.04. The molecule has 1 rings (SSSR count). The van der Waals surface area contributed by atoms with E-state index in [2.05, 4.69) is 0 Å². The summed E-state index contributed by atoms with van der Waals surface area (Å²) in [6.45, 7) is 2.00. The molecule has 0 atom stereocenters. The Morgan fingerprint density at radius 2 is 1.56 bits per heavy atom. The van der Waals surface area contributed by atoms with Crippen LogP contribution in [0.1, 0.15) is 12.8 Å². The number of rotatable bonds is 0. The number of carbonyl (C=O) groups is 1. The van der Waals surface area contributed by atoms with Gasteiger partial charge < -0.3 is 14.9 Å². The summed E-state index contributed by atoms with van der Waals surface area (Å²) in [4.78, 5) is 8.56. The summed E-state index contributed by atoms with van der Waals surface area (Å²) >= 11 is 0. The van der Waals surface area contributed by atoms with Crippen molar-refractivity contribution in [3.63, 3.8) is 0 Å². The van der Waals surface area contributed by atoms with Crippen LogP contribution in [0.15, 0.2) is 0 Å². The van der Waals surface area contributed by atoms with Gasteiger partial charge in [0.1, 0.15) is 0 Å². The molecule has 1 aliphatic heterocycles. The standard InChI is InChI=1S/C4H8O.CH2O3/c1-2-4-5-3-1;2-1(3)4/h1-4H2;(H2,2,3,4). The lowest BCUT2D eigenvalue weighted by Gasteiger charge is -1.76. The average molecular weight is 134 g/mol. The van der Waals surface area contributed by atoms with E-state index in [0.717, 1.165) is 13.2 Å². The van der Waals surface area contributed by atoms with E-state index in [-0.39, 0.29) is 0 Å². The van der Waals surface area contributed by atoms with Gasteiger partial charge in [-0.2, -0.15) is 0 Å². The van der Waals surface area contributed by atoms with Gasteiger partial charge in [0.2, 0.25) is 0 Å². The number of hydrogen-bond donors (Lipinski definition) is 2. The van der Waals surface area contributed by atoms with E-state index in [1.165, 1.54) is 12.8 Å². The van der Waals surface area contributed by atoms with Crippen LogP contribution in [0.4, 0.5) is 4.79 Å². The van der Waals surface area contributed by atoms with Gasteiger partial charge in [0.15, 0.2) is 0 Å². The van der Waals surface area contributed by atoms with E-state index in [4.69, 9.17) is 19.7 Å². The molecule has 0 bridgehead atoms. The molecule has 1 fully saturated rings. The Hall–Kier alpha value is -0.770. The van der Waals surface area contributed by atoms with Gasteiger partial charge in [-0.25, -0.2) is 4.79 Å². The highest BCUT2D eigenvalue weighted by Crippen LogP contribution is 1.98. The van der Waals surface area contributed by atoms with Gasteiger partial charge in [-0.05, 0) is 12.8 Å². The zero-order valence-corrected chi connectivity index (χ0v) is 5.04. The van der Waals surface area contributed by atoms with E-state index >= 15 is 0 Å². The highest BCUT2D eigenvalue weighted by molar-refractivity contribution is 5.53. The topological polar surface area (TPSA) is 66.8 Å². The lowest BCUT2D eigenvalue weighted by atomic mass is 10.4. The minimum Gasteiger partial charge on any atom is -0.450 e. The molecule has 1 saturated heterocycles. The first-order valence-electron chi connectivity index (χ1n) is 2.73. The van der Waals surface area contributed by atoms with E-state index in [1.54, 1.807) is 0 Å². The predicted molar refractivity (Wildman–Crippen MR) is 30.7 cm³/mol. The zero-order chi connectivity index (χ0) is 7.11. The first-order chi connectivity index (χ1) is 4.23. The fraction of sp³-hybridized carbons (Fsp3) is 0.800. The summed E-state index contributed by atoms with van der Waals surface area (Å²) in [7, 11) is 0. The summed E-state index contributed by atoms with van der Waals surface area (Å²) in [5, 5.41) is 13.9. The van der Waals surface area contributed by atoms with Gasteiger partial charge in [0, 0.05) is 13.2 Å². The molecule has 9 heavy (non-hydrogen) atoms. The molecular weight excluding hydrogens is 124 g/mol. The van der Waals surface area contributed by atoms with Crippen molar-refractivity contribution in [1.82, 2.24) is 0 Å². The molecule has 0 aromatic rings. The molecule has 0 spiro atoms. The van der Waals surface area contributed by atoms with Crippen LogP contribution >= 0.6 is 0 Å². The predicted octanol–water partition coefficient (Wildman–Crippen LogP) is 1.02. The number of ether oxygens (including phenoxy) is 1. The van der Waals surface area contributed by atoms with Gasteiger partial charge >= 0.3 is 6.16 Å². The van der Waals surface area contributed by atoms with Crippen LogP contribution in [0.2, 0.25) is 0 Å². The summed E-state index contributed by atoms with van der Waals surface area (Å²) in [6, 6.07) is 0. The monoisotopic (exact) mass is 134 g/mol. The fourth-order valence-corrected chi connectivity index (χ4v) is 0.510. The molecule has 1 aliphatic rings. The van der Waals surface area contributed by atoms with Crippen LogP contribution in [0, 0.1) is 0 Å². The second-order valence-electron chi connectivity index (χ2n) is 1.60. The summed E-state index contributed by atoms with van der Waals surface area (Å²) in [5.41, 5.74) is 0. The Morgan fingerprint density at radius 1 is 1.22 bits per heavy atom. The normalized spacial score (nSPS) is 16.0. The van der Waals surface area contributed by atoms with Gasteiger partial charge in [-0.3, -0.25) is 0 Å². The maximum atomic E-state index is 8.56. The third-order valence-electron chi connectivity index (χ3n) is 0.827. The number of hydrogen-bond acceptors (Lipinski definition) is 2. The van der Waals surface area contributed by atoms with Gasteiger partial charge in [-0.1, -0.05) is 0 Å². The Kier molecular flexibility index (Phi) is 4.91. The number of carboxylic acid groups (broad SMARTS) is 2. The van der Waals surface area contributed by atoms with Crippen LogP contribution in [-0.4, -0.2) is 29.6 Å². The summed E-state index contributed by atoms with van der Waals surface area (Å²) in [5.74, 6) is 0. The highest BCUT2D eigenvalue weighted by Gasteiger charge is 1.94. The van der Waals surface area contributed by atoms with Gasteiger partial charge in [0.05, 0.1) is 0 Å². The molecule has 0 aliphatic carbocycles. The van der Waals surface area contributed by atoms with Crippen molar-refractivity contribution < 1.29 is 19.7 Å². The van der Waals surface area contributed by atoms with Crippen molar-refractivity contribution >= 4 is 6.16 Å². The molecule has 0 saturated carbocycles. The second-order valence-corrected chi connectivity index (χ2v) is 1.60. The van der Waals surface area contributed by atoms with E-state index in [0.29, 0.717) is 0 Å². The van der Waals surface area contributed by atoms with Crippen LogP contribution in [0.25, 0.3) is 0 Å². The SMILES string of the molecule is C1CCOC1.O=C(O)O. The molecular formula is C5H10O4. The third kappa shape index (κ3) is 11.1. The van der Waals surface area contributed by atoms with E-state index < -0.39 is 6.16 Å². The minimum atomic E-state index is -1.83. The van der Waals surface area contributed by atoms with Crippen molar-refractivity contribution in [2.75, 3.05) is 13.2 Å². The molecule has 54 valence electrons. The summed E-state index contributed by atoms with van der Waals surface area (Å²) in [6.07, 6.45) is 0.722. The molecule has 4 heteroatoms. The van der Waals surface area contributed by atoms with E-state index in [9.17, 15) is 0 Å². The Labute approximate surface area is 53.1 Å². The lowest BCUT2D eigenvalue weighted by molar-refractivity contribution is 0.137. The third-order valence-corrected chi connectivity index (χ3v) is 0.827. The Balaban J connectivity index is 0.000000148. The highest BCUT2D eigenvalue weighted by atomic mass is 16.6. The fourth-order valence-electron chi connectivity index (χ4n) is 0.510. The molecule has 0 aromatic carbocycles. The maximum absolute atomic E-state index is 8.56. The molecule has 0 unspecified atom stereocenters. The van der Waals surface area contributed by atoms with Crippen molar-refractivity contribution in [2.24, 2.45) is 0 Å². The van der Waals surface area contributed by atoms with Crippen LogP contribution in [0.5, 0.6) is 0 Å². The molecule has 0 aromatic heterocycles. The van der Waals surface area contributed by atoms with Gasteiger partial charge in [0.25, 0.3) is 0 Å². The average Bonchev–Trinajstić information content (AvgIpc) is 2.11. The molecule has 1 heterocycles. The maximum Gasteiger partial charge on any atom is 0.503 e. The van der Waals surface area contributed by atoms with E-state index in [1.807, 2.05) is 0 Å². The van der Waals surface area contributed by atoms with Crippen molar-refractivity contribution in [3.8, 4) is 0 Å². The van der Waals surface area contributed by atoms with Gasteiger partial charge in [-0.15, -0.1) is 0 Å². The minimum absolute atomic E-state index is 1.00. The molecule has 2 N–H and O–H groups in total.